The Bertz CT molecular complexity index is 560. The summed E-state index contributed by atoms with van der Waals surface area (Å²) in [4.78, 5) is 11.2. The summed E-state index contributed by atoms with van der Waals surface area (Å²) in [6, 6.07) is 5.88. The molecule has 1 rings (SSSR count). The molecule has 0 bridgehead atoms. The highest BCUT2D eigenvalue weighted by molar-refractivity contribution is 7.89. The fraction of sp³-hybridized carbons (Fsp3) is 0.417. The van der Waals surface area contributed by atoms with Crippen molar-refractivity contribution in [3.63, 3.8) is 0 Å². The topological polar surface area (TPSA) is 111 Å². The minimum Gasteiger partial charge on any atom is -0.492 e. The Balaban J connectivity index is 2.46. The van der Waals surface area contributed by atoms with Gasteiger partial charge in [-0.1, -0.05) is 6.07 Å². The quantitative estimate of drug-likeness (QED) is 0.599. The summed E-state index contributed by atoms with van der Waals surface area (Å²) in [5.41, 5.74) is 6.11. The van der Waals surface area contributed by atoms with Crippen LogP contribution in [0.2, 0.25) is 0 Å². The molecule has 0 aliphatic rings. The van der Waals surface area contributed by atoms with Gasteiger partial charge in [-0.2, -0.15) is 0 Å². The van der Waals surface area contributed by atoms with Gasteiger partial charge in [0.05, 0.1) is 11.8 Å². The van der Waals surface area contributed by atoms with Gasteiger partial charge in [-0.05, 0) is 19.1 Å². The van der Waals surface area contributed by atoms with Crippen molar-refractivity contribution in [1.29, 1.82) is 0 Å². The molecular weight excluding hydrogens is 282 g/mol. The summed E-state index contributed by atoms with van der Waals surface area (Å²) < 4.78 is 31.0. The van der Waals surface area contributed by atoms with Crippen LogP contribution in [0.4, 0.5) is 5.69 Å². The van der Waals surface area contributed by atoms with Crippen LogP contribution in [0.25, 0.3) is 0 Å². The van der Waals surface area contributed by atoms with Gasteiger partial charge >= 0.3 is 0 Å². The SMILES string of the molecule is CNC(=O)C(C)NS(=O)(=O)CCOc1cccc(N)c1. The number of ether oxygens (including phenoxy) is 1. The van der Waals surface area contributed by atoms with E-state index in [1.807, 2.05) is 0 Å². The molecule has 112 valence electrons. The second-order valence-corrected chi connectivity index (χ2v) is 6.07. The van der Waals surface area contributed by atoms with E-state index < -0.39 is 22.0 Å². The molecule has 0 heterocycles. The largest absolute Gasteiger partial charge is 0.492 e. The molecule has 0 saturated carbocycles. The van der Waals surface area contributed by atoms with Crippen LogP contribution in [0.1, 0.15) is 6.92 Å². The molecule has 1 amide bonds. The molecule has 7 nitrogen and oxygen atoms in total. The lowest BCUT2D eigenvalue weighted by molar-refractivity contribution is -0.121. The predicted molar refractivity (Wildman–Crippen MR) is 76.8 cm³/mol. The van der Waals surface area contributed by atoms with Crippen molar-refractivity contribution in [3.05, 3.63) is 24.3 Å². The lowest BCUT2D eigenvalue weighted by atomic mass is 10.3. The van der Waals surface area contributed by atoms with Gasteiger partial charge in [0.25, 0.3) is 0 Å². The Morgan fingerprint density at radius 1 is 1.45 bits per heavy atom. The Hall–Kier alpha value is -1.80. The zero-order valence-corrected chi connectivity index (χ0v) is 12.2. The van der Waals surface area contributed by atoms with E-state index in [-0.39, 0.29) is 12.4 Å². The third kappa shape index (κ3) is 5.45. The number of anilines is 1. The molecule has 0 saturated heterocycles. The molecule has 1 atom stereocenters. The summed E-state index contributed by atoms with van der Waals surface area (Å²) in [7, 11) is -2.14. The standard InChI is InChI=1S/C12H19N3O4S/c1-9(12(16)14-2)15-20(17,18)7-6-19-11-5-3-4-10(13)8-11/h3-5,8-9,15H,6-7,13H2,1-2H3,(H,14,16). The number of rotatable bonds is 7. The fourth-order valence-electron chi connectivity index (χ4n) is 1.47. The van der Waals surface area contributed by atoms with Crippen molar-refractivity contribution < 1.29 is 17.9 Å². The van der Waals surface area contributed by atoms with Crippen LogP contribution in [-0.4, -0.2) is 39.8 Å². The van der Waals surface area contributed by atoms with Gasteiger partial charge in [0.1, 0.15) is 12.4 Å². The normalized spacial score (nSPS) is 12.7. The van der Waals surface area contributed by atoms with Crippen molar-refractivity contribution >= 4 is 21.6 Å². The van der Waals surface area contributed by atoms with E-state index in [0.717, 1.165) is 0 Å². The number of carbonyl (C=O) groups is 1. The van der Waals surface area contributed by atoms with E-state index in [0.29, 0.717) is 11.4 Å². The molecular formula is C12H19N3O4S. The monoisotopic (exact) mass is 301 g/mol. The van der Waals surface area contributed by atoms with Gasteiger partial charge in [0, 0.05) is 18.8 Å². The van der Waals surface area contributed by atoms with Gasteiger partial charge in [-0.3, -0.25) is 4.79 Å². The number of nitrogen functional groups attached to an aromatic ring is 1. The summed E-state index contributed by atoms with van der Waals surface area (Å²) in [5, 5.41) is 2.36. The number of nitrogens with two attached hydrogens (primary N) is 1. The smallest absolute Gasteiger partial charge is 0.237 e. The molecule has 1 unspecified atom stereocenters. The third-order valence-corrected chi connectivity index (χ3v) is 3.89. The van der Waals surface area contributed by atoms with E-state index in [9.17, 15) is 13.2 Å². The highest BCUT2D eigenvalue weighted by Gasteiger charge is 2.19. The van der Waals surface area contributed by atoms with Crippen LogP contribution < -0.4 is 20.5 Å². The number of hydrogen-bond acceptors (Lipinski definition) is 5. The molecule has 1 aromatic rings. The van der Waals surface area contributed by atoms with Gasteiger partial charge in [-0.15, -0.1) is 0 Å². The van der Waals surface area contributed by atoms with E-state index in [1.165, 1.54) is 14.0 Å². The minimum absolute atomic E-state index is 0.0285. The summed E-state index contributed by atoms with van der Waals surface area (Å²) in [6.45, 7) is 1.44. The van der Waals surface area contributed by atoms with Crippen LogP contribution in [-0.2, 0) is 14.8 Å². The Morgan fingerprint density at radius 3 is 2.75 bits per heavy atom. The zero-order valence-electron chi connectivity index (χ0n) is 11.4. The first kappa shape index (κ1) is 16.3. The molecule has 1 aromatic carbocycles. The number of hydrogen-bond donors (Lipinski definition) is 3. The van der Waals surface area contributed by atoms with Gasteiger partial charge in [0.2, 0.25) is 15.9 Å². The van der Waals surface area contributed by atoms with Gasteiger partial charge in [0.15, 0.2) is 0 Å². The number of amides is 1. The maximum absolute atomic E-state index is 11.7. The van der Waals surface area contributed by atoms with Crippen LogP contribution in [0.15, 0.2) is 24.3 Å². The number of likely N-dealkylation sites (N-methyl/N-ethyl adjacent to an activating group) is 1. The summed E-state index contributed by atoms with van der Waals surface area (Å²) in [6.07, 6.45) is 0. The molecule has 0 aromatic heterocycles. The summed E-state index contributed by atoms with van der Waals surface area (Å²) in [5.74, 6) is -0.145. The van der Waals surface area contributed by atoms with Crippen molar-refractivity contribution in [3.8, 4) is 5.75 Å². The van der Waals surface area contributed by atoms with Crippen molar-refractivity contribution in [1.82, 2.24) is 10.0 Å². The lowest BCUT2D eigenvalue weighted by Crippen LogP contribution is -2.44. The van der Waals surface area contributed by atoms with Crippen molar-refractivity contribution in [2.24, 2.45) is 0 Å². The van der Waals surface area contributed by atoms with E-state index in [1.54, 1.807) is 24.3 Å². The Kier molecular flexibility index (Phi) is 5.78. The molecule has 20 heavy (non-hydrogen) atoms. The molecule has 0 aliphatic carbocycles. The van der Waals surface area contributed by atoms with Crippen LogP contribution in [0.3, 0.4) is 0 Å². The van der Waals surface area contributed by atoms with Gasteiger partial charge in [-0.25, -0.2) is 13.1 Å². The van der Waals surface area contributed by atoms with Crippen molar-refractivity contribution in [2.75, 3.05) is 25.1 Å². The number of benzene rings is 1. The van der Waals surface area contributed by atoms with E-state index in [4.69, 9.17) is 10.5 Å². The number of sulfonamides is 1. The van der Waals surface area contributed by atoms with Gasteiger partial charge < -0.3 is 15.8 Å². The van der Waals surface area contributed by atoms with Crippen LogP contribution >= 0.6 is 0 Å². The average molecular weight is 301 g/mol. The molecule has 0 radical (unpaired) electrons. The fourth-order valence-corrected chi connectivity index (χ4v) is 2.54. The first-order valence-corrected chi connectivity index (χ1v) is 7.69. The molecule has 0 spiro atoms. The molecule has 0 aliphatic heterocycles. The van der Waals surface area contributed by atoms with E-state index >= 15 is 0 Å². The highest BCUT2D eigenvalue weighted by Crippen LogP contribution is 2.14. The summed E-state index contributed by atoms with van der Waals surface area (Å²) >= 11 is 0. The predicted octanol–water partition coefficient (Wildman–Crippen LogP) is -0.298. The maximum atomic E-state index is 11.7. The van der Waals surface area contributed by atoms with E-state index in [2.05, 4.69) is 10.0 Å². The molecule has 0 fully saturated rings. The van der Waals surface area contributed by atoms with Crippen molar-refractivity contribution in [2.45, 2.75) is 13.0 Å². The minimum atomic E-state index is -3.58. The first-order valence-electron chi connectivity index (χ1n) is 6.04. The lowest BCUT2D eigenvalue weighted by Gasteiger charge is -2.13. The van der Waals surface area contributed by atoms with Crippen LogP contribution in [0, 0.1) is 0 Å². The first-order chi connectivity index (χ1) is 9.34. The third-order valence-electron chi connectivity index (χ3n) is 2.47. The zero-order chi connectivity index (χ0) is 15.2. The Labute approximate surface area is 118 Å². The Morgan fingerprint density at radius 2 is 2.15 bits per heavy atom. The van der Waals surface area contributed by atoms with Crippen LogP contribution in [0.5, 0.6) is 5.75 Å². The highest BCUT2D eigenvalue weighted by atomic mass is 32.2. The molecule has 8 heteroatoms. The number of nitrogens with one attached hydrogen (secondary N) is 2. The second kappa shape index (κ2) is 7.11. The second-order valence-electron chi connectivity index (χ2n) is 4.19. The molecule has 4 N–H and O–H groups in total. The number of carbonyl (C=O) groups excluding carboxylic acids is 1. The average Bonchev–Trinajstić information content (AvgIpc) is 2.37. The maximum Gasteiger partial charge on any atom is 0.237 e.